The van der Waals surface area contributed by atoms with Crippen molar-refractivity contribution in [2.75, 3.05) is 11.6 Å². The molecule has 2 nitrogen and oxygen atoms in total. The summed E-state index contributed by atoms with van der Waals surface area (Å²) in [6.07, 6.45) is 0. The number of hydrogen-bond acceptors (Lipinski definition) is 2. The summed E-state index contributed by atoms with van der Waals surface area (Å²) in [6.45, 7) is 4.97. The van der Waals surface area contributed by atoms with Gasteiger partial charge in [0.15, 0.2) is 5.75 Å². The lowest BCUT2D eigenvalue weighted by Gasteiger charge is -2.24. The van der Waals surface area contributed by atoms with Crippen molar-refractivity contribution in [1.82, 2.24) is 0 Å². The monoisotopic (exact) mass is 227 g/mol. The van der Waals surface area contributed by atoms with Gasteiger partial charge in [0.1, 0.15) is 0 Å². The fourth-order valence-corrected chi connectivity index (χ4v) is 1.74. The number of para-hydroxylation sites is 2. The van der Waals surface area contributed by atoms with Gasteiger partial charge in [-0.05, 0) is 37.6 Å². The van der Waals surface area contributed by atoms with E-state index in [4.69, 9.17) is 4.84 Å². The fourth-order valence-electron chi connectivity index (χ4n) is 1.74. The summed E-state index contributed by atoms with van der Waals surface area (Å²) in [5.41, 5.74) is 2.32. The maximum atomic E-state index is 5.86. The van der Waals surface area contributed by atoms with Gasteiger partial charge in [-0.25, -0.2) is 5.06 Å². The Hall–Kier alpha value is -1.96. The van der Waals surface area contributed by atoms with Gasteiger partial charge >= 0.3 is 0 Å². The molecular weight excluding hydrogens is 210 g/mol. The van der Waals surface area contributed by atoms with Crippen LogP contribution in [0.2, 0.25) is 0 Å². The Morgan fingerprint density at radius 1 is 0.941 bits per heavy atom. The quantitative estimate of drug-likeness (QED) is 0.736. The summed E-state index contributed by atoms with van der Waals surface area (Å²) >= 11 is 0. The first kappa shape index (κ1) is 11.5. The molecule has 0 aliphatic rings. The molecule has 2 rings (SSSR count). The Bertz CT molecular complexity index is 467. The van der Waals surface area contributed by atoms with Gasteiger partial charge in [-0.2, -0.15) is 0 Å². The van der Waals surface area contributed by atoms with E-state index in [2.05, 4.69) is 26.0 Å². The van der Waals surface area contributed by atoms with E-state index in [-0.39, 0.29) is 0 Å². The number of hydrogen-bond donors (Lipinski definition) is 0. The molecule has 0 atom stereocenters. The van der Waals surface area contributed by atoms with E-state index in [1.807, 2.05) is 47.5 Å². The maximum Gasteiger partial charge on any atom is 0.155 e. The number of anilines is 1. The van der Waals surface area contributed by atoms with E-state index in [0.29, 0.717) is 0 Å². The summed E-state index contributed by atoms with van der Waals surface area (Å²) in [4.78, 5) is 5.86. The molecule has 0 aliphatic carbocycles. The predicted octanol–water partition coefficient (Wildman–Crippen LogP) is 3.82. The van der Waals surface area contributed by atoms with Gasteiger partial charge < -0.3 is 4.84 Å². The van der Waals surface area contributed by atoms with Gasteiger partial charge in [-0.3, -0.25) is 0 Å². The van der Waals surface area contributed by atoms with E-state index in [0.717, 1.165) is 18.0 Å². The summed E-state index contributed by atoms with van der Waals surface area (Å²) in [5.74, 6) is 0.859. The molecule has 0 spiro atoms. The van der Waals surface area contributed by atoms with Crippen molar-refractivity contribution in [1.29, 1.82) is 0 Å². The summed E-state index contributed by atoms with van der Waals surface area (Å²) in [6, 6.07) is 18.1. The Kier molecular flexibility index (Phi) is 3.66. The number of hydroxylamine groups is 1. The second kappa shape index (κ2) is 5.39. The van der Waals surface area contributed by atoms with E-state index in [1.54, 1.807) is 0 Å². The largest absolute Gasteiger partial charge is 0.380 e. The topological polar surface area (TPSA) is 12.5 Å². The van der Waals surface area contributed by atoms with Crippen molar-refractivity contribution < 1.29 is 4.84 Å². The highest BCUT2D eigenvalue weighted by Crippen LogP contribution is 2.21. The Balaban J connectivity index is 2.21. The van der Waals surface area contributed by atoms with Crippen LogP contribution in [-0.2, 0) is 0 Å². The first-order chi connectivity index (χ1) is 8.31. The number of nitrogens with zero attached hydrogens (tertiary/aromatic N) is 1. The minimum Gasteiger partial charge on any atom is -0.380 e. The van der Waals surface area contributed by atoms with Crippen LogP contribution in [0.3, 0.4) is 0 Å². The molecule has 0 amide bonds. The van der Waals surface area contributed by atoms with Crippen LogP contribution < -0.4 is 9.90 Å². The summed E-state index contributed by atoms with van der Waals surface area (Å²) in [5, 5.41) is 1.91. The Morgan fingerprint density at radius 2 is 1.59 bits per heavy atom. The normalized spacial score (nSPS) is 10.0. The maximum absolute atomic E-state index is 5.86. The second-order valence-electron chi connectivity index (χ2n) is 3.89. The van der Waals surface area contributed by atoms with Crippen LogP contribution in [-0.4, -0.2) is 6.54 Å². The van der Waals surface area contributed by atoms with E-state index in [1.165, 1.54) is 5.56 Å². The van der Waals surface area contributed by atoms with Crippen LogP contribution in [0.1, 0.15) is 12.5 Å². The third kappa shape index (κ3) is 2.78. The highest BCUT2D eigenvalue weighted by Gasteiger charge is 2.08. The zero-order valence-electron chi connectivity index (χ0n) is 10.3. The highest BCUT2D eigenvalue weighted by molar-refractivity contribution is 5.51. The zero-order chi connectivity index (χ0) is 12.1. The summed E-state index contributed by atoms with van der Waals surface area (Å²) < 4.78 is 0. The van der Waals surface area contributed by atoms with Gasteiger partial charge in [0.25, 0.3) is 0 Å². The molecular formula is C15H17NO. The second-order valence-corrected chi connectivity index (χ2v) is 3.89. The van der Waals surface area contributed by atoms with Gasteiger partial charge in [-0.1, -0.05) is 36.4 Å². The van der Waals surface area contributed by atoms with Crippen LogP contribution in [0, 0.1) is 6.92 Å². The Labute approximate surface area is 102 Å². The Morgan fingerprint density at radius 3 is 2.24 bits per heavy atom. The third-order valence-electron chi connectivity index (χ3n) is 2.63. The van der Waals surface area contributed by atoms with Crippen LogP contribution in [0.15, 0.2) is 54.6 Å². The molecule has 17 heavy (non-hydrogen) atoms. The van der Waals surface area contributed by atoms with E-state index in [9.17, 15) is 0 Å². The SMILES string of the molecule is CCN(Oc1ccccc1)c1ccccc1C. The van der Waals surface area contributed by atoms with Crippen LogP contribution >= 0.6 is 0 Å². The summed E-state index contributed by atoms with van der Waals surface area (Å²) in [7, 11) is 0. The predicted molar refractivity (Wildman–Crippen MR) is 71.3 cm³/mol. The van der Waals surface area contributed by atoms with Crippen LogP contribution in [0.25, 0.3) is 0 Å². The van der Waals surface area contributed by atoms with Crippen molar-refractivity contribution >= 4 is 5.69 Å². The van der Waals surface area contributed by atoms with Crippen molar-refractivity contribution in [3.05, 3.63) is 60.2 Å². The zero-order valence-corrected chi connectivity index (χ0v) is 10.3. The molecule has 0 saturated carbocycles. The van der Waals surface area contributed by atoms with E-state index < -0.39 is 0 Å². The lowest BCUT2D eigenvalue weighted by atomic mass is 10.2. The standard InChI is InChI=1S/C15H17NO/c1-3-16(15-12-8-7-9-13(15)2)17-14-10-5-4-6-11-14/h4-12H,3H2,1-2H3. The molecule has 2 aromatic rings. The lowest BCUT2D eigenvalue weighted by molar-refractivity contribution is 0.284. The van der Waals surface area contributed by atoms with Crippen LogP contribution in [0.4, 0.5) is 5.69 Å². The highest BCUT2D eigenvalue weighted by atomic mass is 16.7. The average molecular weight is 227 g/mol. The van der Waals surface area contributed by atoms with Crippen molar-refractivity contribution in [3.63, 3.8) is 0 Å². The number of rotatable bonds is 4. The molecule has 88 valence electrons. The smallest absolute Gasteiger partial charge is 0.155 e. The molecule has 0 radical (unpaired) electrons. The number of aryl methyl sites for hydroxylation is 1. The molecule has 2 aromatic carbocycles. The molecule has 0 heterocycles. The molecule has 0 aliphatic heterocycles. The van der Waals surface area contributed by atoms with Gasteiger partial charge in [0.2, 0.25) is 0 Å². The van der Waals surface area contributed by atoms with Crippen molar-refractivity contribution in [2.45, 2.75) is 13.8 Å². The minimum absolute atomic E-state index is 0.805. The molecule has 0 fully saturated rings. The minimum atomic E-state index is 0.805. The molecule has 0 saturated heterocycles. The van der Waals surface area contributed by atoms with Gasteiger partial charge in [0.05, 0.1) is 12.2 Å². The molecule has 0 bridgehead atoms. The molecule has 2 heteroatoms. The van der Waals surface area contributed by atoms with Crippen molar-refractivity contribution in [2.24, 2.45) is 0 Å². The van der Waals surface area contributed by atoms with Gasteiger partial charge in [0, 0.05) is 0 Å². The lowest BCUT2D eigenvalue weighted by Crippen LogP contribution is -2.27. The fraction of sp³-hybridized carbons (Fsp3) is 0.200. The third-order valence-corrected chi connectivity index (χ3v) is 2.63. The first-order valence-corrected chi connectivity index (χ1v) is 5.87. The first-order valence-electron chi connectivity index (χ1n) is 5.87. The van der Waals surface area contributed by atoms with Crippen molar-refractivity contribution in [3.8, 4) is 5.75 Å². The van der Waals surface area contributed by atoms with Gasteiger partial charge in [-0.15, -0.1) is 0 Å². The van der Waals surface area contributed by atoms with E-state index >= 15 is 0 Å². The molecule has 0 aromatic heterocycles. The average Bonchev–Trinajstić information content (AvgIpc) is 2.38. The number of benzene rings is 2. The molecule has 0 N–H and O–H groups in total. The van der Waals surface area contributed by atoms with Crippen LogP contribution in [0.5, 0.6) is 5.75 Å². The molecule has 0 unspecified atom stereocenters.